The van der Waals surface area contributed by atoms with Crippen molar-refractivity contribution in [1.82, 2.24) is 0 Å². The Hall–Kier alpha value is -1.36. The van der Waals surface area contributed by atoms with Crippen molar-refractivity contribution in [1.29, 1.82) is 0 Å². The molecule has 1 atom stereocenters. The lowest BCUT2D eigenvalue weighted by Crippen LogP contribution is -2.28. The van der Waals surface area contributed by atoms with Crippen molar-refractivity contribution in [2.45, 2.75) is 52.6 Å². The van der Waals surface area contributed by atoms with E-state index in [0.717, 1.165) is 12.0 Å². The highest BCUT2D eigenvalue weighted by Gasteiger charge is 2.29. The van der Waals surface area contributed by atoms with Crippen LogP contribution in [-0.2, 0) is 19.1 Å². The maximum atomic E-state index is 11.8. The molecule has 0 saturated carbocycles. The monoisotopic (exact) mass is 286 g/mol. The van der Waals surface area contributed by atoms with Gasteiger partial charge in [-0.25, -0.2) is 0 Å². The topological polar surface area (TPSA) is 72.8 Å². The van der Waals surface area contributed by atoms with E-state index < -0.39 is 17.9 Å². The zero-order chi connectivity index (χ0) is 15.5. The minimum Gasteiger partial charge on any atom is -0.465 e. The van der Waals surface area contributed by atoms with Crippen LogP contribution in [-0.4, -0.2) is 36.4 Å². The van der Waals surface area contributed by atoms with Gasteiger partial charge in [-0.15, -0.1) is 0 Å². The molecule has 5 heteroatoms. The lowest BCUT2D eigenvalue weighted by molar-refractivity contribution is -0.161. The van der Waals surface area contributed by atoms with Crippen LogP contribution in [0, 0.1) is 5.92 Å². The Bertz CT molecular complexity index is 304. The summed E-state index contributed by atoms with van der Waals surface area (Å²) in [5.74, 6) is -2.07. The molecule has 116 valence electrons. The van der Waals surface area contributed by atoms with E-state index in [2.05, 4.69) is 6.58 Å². The van der Waals surface area contributed by atoms with Crippen LogP contribution < -0.4 is 0 Å². The van der Waals surface area contributed by atoms with Crippen LogP contribution in [0.4, 0.5) is 0 Å². The Morgan fingerprint density at radius 3 is 2.05 bits per heavy atom. The van der Waals surface area contributed by atoms with E-state index in [4.69, 9.17) is 9.47 Å². The van der Waals surface area contributed by atoms with Crippen LogP contribution in [0.15, 0.2) is 12.2 Å². The van der Waals surface area contributed by atoms with Gasteiger partial charge in [0, 0.05) is 0 Å². The molecule has 0 spiro atoms. The molecule has 0 saturated heterocycles. The molecule has 5 nitrogen and oxygen atoms in total. The summed E-state index contributed by atoms with van der Waals surface area (Å²) in [5, 5.41) is 9.19. The standard InChI is InChI=1S/C15H26O5/c1-5-19-14(17)13(15(18)20-6-2)10-11(3)8-7-9-12(4)16/h12-13,16H,3,5-10H2,1-2,4H3. The zero-order valence-corrected chi connectivity index (χ0v) is 12.7. The van der Waals surface area contributed by atoms with Crippen LogP contribution in [0.2, 0.25) is 0 Å². The molecule has 1 N–H and O–H groups in total. The van der Waals surface area contributed by atoms with Gasteiger partial charge < -0.3 is 14.6 Å². The molecule has 0 aliphatic rings. The smallest absolute Gasteiger partial charge is 0.320 e. The predicted molar refractivity (Wildman–Crippen MR) is 76.0 cm³/mol. The summed E-state index contributed by atoms with van der Waals surface area (Å²) in [6.45, 7) is 9.44. The van der Waals surface area contributed by atoms with Crippen molar-refractivity contribution in [3.8, 4) is 0 Å². The fourth-order valence-electron chi connectivity index (χ4n) is 1.79. The van der Waals surface area contributed by atoms with Gasteiger partial charge in [0.1, 0.15) is 0 Å². The third kappa shape index (κ3) is 7.94. The molecule has 0 aromatic carbocycles. The van der Waals surface area contributed by atoms with Gasteiger partial charge in [0.2, 0.25) is 0 Å². The SMILES string of the molecule is C=C(CCCC(C)O)CC(C(=O)OCC)C(=O)OCC. The lowest BCUT2D eigenvalue weighted by Gasteiger charge is -2.15. The third-order valence-electron chi connectivity index (χ3n) is 2.79. The molecule has 0 aliphatic carbocycles. The van der Waals surface area contributed by atoms with Gasteiger partial charge in [-0.1, -0.05) is 12.2 Å². The summed E-state index contributed by atoms with van der Waals surface area (Å²) >= 11 is 0. The first-order valence-corrected chi connectivity index (χ1v) is 7.10. The Kier molecular flexibility index (Phi) is 9.72. The number of carbonyl (C=O) groups is 2. The van der Waals surface area contributed by atoms with Crippen molar-refractivity contribution in [3.63, 3.8) is 0 Å². The lowest BCUT2D eigenvalue weighted by atomic mass is 9.96. The number of allylic oxidation sites excluding steroid dienone is 1. The number of hydrogen-bond donors (Lipinski definition) is 1. The average Bonchev–Trinajstić information content (AvgIpc) is 2.35. The van der Waals surface area contributed by atoms with Crippen LogP contribution in [0.5, 0.6) is 0 Å². The van der Waals surface area contributed by atoms with Gasteiger partial charge in [-0.05, 0) is 46.5 Å². The second-order valence-electron chi connectivity index (χ2n) is 4.75. The fourth-order valence-corrected chi connectivity index (χ4v) is 1.79. The van der Waals surface area contributed by atoms with Crippen LogP contribution in [0.3, 0.4) is 0 Å². The number of aliphatic hydroxyl groups is 1. The number of aliphatic hydroxyl groups excluding tert-OH is 1. The molecule has 0 fully saturated rings. The quantitative estimate of drug-likeness (QED) is 0.379. The Morgan fingerprint density at radius 2 is 1.65 bits per heavy atom. The van der Waals surface area contributed by atoms with Crippen LogP contribution in [0.25, 0.3) is 0 Å². The molecular weight excluding hydrogens is 260 g/mol. The number of esters is 2. The second-order valence-corrected chi connectivity index (χ2v) is 4.75. The summed E-state index contributed by atoms with van der Waals surface area (Å²) in [7, 11) is 0. The second kappa shape index (κ2) is 10.4. The molecule has 0 heterocycles. The summed E-state index contributed by atoms with van der Waals surface area (Å²) < 4.78 is 9.79. The number of ether oxygens (including phenoxy) is 2. The summed E-state index contributed by atoms with van der Waals surface area (Å²) in [5.41, 5.74) is 0.789. The molecule has 0 aromatic rings. The highest BCUT2D eigenvalue weighted by Crippen LogP contribution is 2.19. The highest BCUT2D eigenvalue weighted by molar-refractivity contribution is 5.95. The molecule has 0 aromatic heterocycles. The largest absolute Gasteiger partial charge is 0.465 e. The minimum atomic E-state index is -0.936. The molecule has 0 rings (SSSR count). The average molecular weight is 286 g/mol. The molecule has 0 amide bonds. The van der Waals surface area contributed by atoms with Gasteiger partial charge in [0.25, 0.3) is 0 Å². The number of rotatable bonds is 10. The first-order valence-electron chi connectivity index (χ1n) is 7.10. The Balaban J connectivity index is 4.44. The number of hydrogen-bond acceptors (Lipinski definition) is 5. The molecule has 0 bridgehead atoms. The van der Waals surface area contributed by atoms with Gasteiger partial charge in [0.15, 0.2) is 5.92 Å². The highest BCUT2D eigenvalue weighted by atomic mass is 16.6. The summed E-state index contributed by atoms with van der Waals surface area (Å²) in [4.78, 5) is 23.5. The molecule has 0 aliphatic heterocycles. The van der Waals surface area contributed by atoms with E-state index in [1.165, 1.54) is 0 Å². The molecule has 1 unspecified atom stereocenters. The summed E-state index contributed by atoms with van der Waals surface area (Å²) in [6.07, 6.45) is 1.99. The molecule has 0 radical (unpaired) electrons. The van der Waals surface area contributed by atoms with Crippen molar-refractivity contribution in [2.24, 2.45) is 5.92 Å². The van der Waals surface area contributed by atoms with Gasteiger partial charge in [0.05, 0.1) is 19.3 Å². The first-order chi connectivity index (χ1) is 9.42. The normalized spacial score (nSPS) is 12.1. The van der Waals surface area contributed by atoms with Gasteiger partial charge in [-0.2, -0.15) is 0 Å². The van der Waals surface area contributed by atoms with Crippen LogP contribution >= 0.6 is 0 Å². The van der Waals surface area contributed by atoms with Crippen molar-refractivity contribution in [3.05, 3.63) is 12.2 Å². The van der Waals surface area contributed by atoms with Gasteiger partial charge >= 0.3 is 11.9 Å². The maximum Gasteiger partial charge on any atom is 0.320 e. The Morgan fingerprint density at radius 1 is 1.15 bits per heavy atom. The van der Waals surface area contributed by atoms with E-state index in [1.54, 1.807) is 20.8 Å². The van der Waals surface area contributed by atoms with Crippen LogP contribution in [0.1, 0.15) is 46.5 Å². The van der Waals surface area contributed by atoms with Gasteiger partial charge in [-0.3, -0.25) is 9.59 Å². The number of carbonyl (C=O) groups excluding carboxylic acids is 2. The van der Waals surface area contributed by atoms with Crippen molar-refractivity contribution in [2.75, 3.05) is 13.2 Å². The van der Waals surface area contributed by atoms with E-state index in [1.807, 2.05) is 0 Å². The first kappa shape index (κ1) is 18.6. The van der Waals surface area contributed by atoms with Crippen molar-refractivity contribution >= 4 is 11.9 Å². The summed E-state index contributed by atoms with van der Waals surface area (Å²) in [6, 6.07) is 0. The van der Waals surface area contributed by atoms with E-state index in [-0.39, 0.29) is 25.7 Å². The Labute approximate surface area is 121 Å². The molecule has 20 heavy (non-hydrogen) atoms. The molecular formula is C15H26O5. The van der Waals surface area contributed by atoms with Crippen molar-refractivity contribution < 1.29 is 24.2 Å². The van der Waals surface area contributed by atoms with E-state index in [0.29, 0.717) is 12.8 Å². The predicted octanol–water partition coefficient (Wildman–Crippen LogP) is 2.23. The van der Waals surface area contributed by atoms with E-state index in [9.17, 15) is 14.7 Å². The minimum absolute atomic E-state index is 0.225. The fraction of sp³-hybridized carbons (Fsp3) is 0.733. The maximum absolute atomic E-state index is 11.8. The zero-order valence-electron chi connectivity index (χ0n) is 12.7. The van der Waals surface area contributed by atoms with E-state index >= 15 is 0 Å². The third-order valence-corrected chi connectivity index (χ3v) is 2.79.